The molecule has 0 aliphatic heterocycles. The van der Waals surface area contributed by atoms with Gasteiger partial charge < -0.3 is 4.42 Å². The number of carbonyl (C=O) groups excluding carboxylic acids is 1. The molecular weight excluding hydrogens is 356 g/mol. The maximum Gasteiger partial charge on any atom is 0.262 e. The molecule has 1 aliphatic rings. The largest absolute Gasteiger partial charge is 0.464 e. The van der Waals surface area contributed by atoms with Crippen LogP contribution in [0.25, 0.3) is 11.3 Å². The third kappa shape index (κ3) is 2.98. The van der Waals surface area contributed by atoms with E-state index in [-0.39, 0.29) is 5.91 Å². The van der Waals surface area contributed by atoms with E-state index in [4.69, 9.17) is 16.0 Å². The molecule has 0 bridgehead atoms. The summed E-state index contributed by atoms with van der Waals surface area (Å²) < 4.78 is 5.41. The molecular formula is C19H17ClN2O2S. The number of aromatic nitrogens is 1. The van der Waals surface area contributed by atoms with Gasteiger partial charge in [0.2, 0.25) is 0 Å². The Bertz CT molecular complexity index is 974. The lowest BCUT2D eigenvalue weighted by Gasteiger charge is -2.03. The van der Waals surface area contributed by atoms with E-state index in [0.29, 0.717) is 27.2 Å². The van der Waals surface area contributed by atoms with Crippen LogP contribution in [0.4, 0.5) is 5.13 Å². The summed E-state index contributed by atoms with van der Waals surface area (Å²) in [6.45, 7) is 3.47. The van der Waals surface area contributed by atoms with Crippen LogP contribution < -0.4 is 5.32 Å². The quantitative estimate of drug-likeness (QED) is 0.668. The Kier molecular flexibility index (Phi) is 4.13. The number of halogens is 1. The average Bonchev–Trinajstić information content (AvgIpc) is 3.27. The molecule has 0 unspecified atom stereocenters. The maximum atomic E-state index is 12.5. The third-order valence-corrected chi connectivity index (χ3v) is 5.75. The second-order valence-corrected chi connectivity index (χ2v) is 7.47. The predicted octanol–water partition coefficient (Wildman–Crippen LogP) is 5.41. The summed E-state index contributed by atoms with van der Waals surface area (Å²) in [5.41, 5.74) is 5.18. The number of rotatable bonds is 3. The first-order valence-electron chi connectivity index (χ1n) is 8.17. The van der Waals surface area contributed by atoms with Gasteiger partial charge in [-0.3, -0.25) is 10.1 Å². The van der Waals surface area contributed by atoms with E-state index in [1.165, 1.54) is 28.9 Å². The molecule has 0 saturated heterocycles. The van der Waals surface area contributed by atoms with Crippen LogP contribution in [0, 0.1) is 13.8 Å². The fourth-order valence-electron chi connectivity index (χ4n) is 3.27. The van der Waals surface area contributed by atoms with Crippen molar-refractivity contribution in [1.82, 2.24) is 4.98 Å². The van der Waals surface area contributed by atoms with Crippen LogP contribution in [0.3, 0.4) is 0 Å². The highest BCUT2D eigenvalue weighted by molar-refractivity contribution is 7.14. The fourth-order valence-corrected chi connectivity index (χ4v) is 4.24. The molecule has 128 valence electrons. The van der Waals surface area contributed by atoms with Gasteiger partial charge in [0, 0.05) is 10.9 Å². The van der Waals surface area contributed by atoms with E-state index in [1.54, 1.807) is 13.8 Å². The molecule has 2 heterocycles. The number of carbonyl (C=O) groups is 1. The van der Waals surface area contributed by atoms with Crippen molar-refractivity contribution in [3.63, 3.8) is 0 Å². The highest BCUT2D eigenvalue weighted by atomic mass is 35.5. The molecule has 2 aromatic heterocycles. The van der Waals surface area contributed by atoms with E-state index in [9.17, 15) is 4.79 Å². The summed E-state index contributed by atoms with van der Waals surface area (Å²) >= 11 is 7.56. The van der Waals surface area contributed by atoms with Crippen molar-refractivity contribution in [1.29, 1.82) is 0 Å². The first kappa shape index (κ1) is 16.4. The number of hydrogen-bond donors (Lipinski definition) is 1. The van der Waals surface area contributed by atoms with Crippen molar-refractivity contribution in [2.24, 2.45) is 0 Å². The molecule has 0 spiro atoms. The zero-order valence-corrected chi connectivity index (χ0v) is 15.6. The minimum atomic E-state index is -0.297. The Balaban J connectivity index is 1.56. The van der Waals surface area contributed by atoms with Gasteiger partial charge in [-0.1, -0.05) is 23.7 Å². The number of fused-ring (bicyclic) bond motifs is 1. The predicted molar refractivity (Wildman–Crippen MR) is 101 cm³/mol. The molecule has 4 nitrogen and oxygen atoms in total. The van der Waals surface area contributed by atoms with Gasteiger partial charge in [-0.15, -0.1) is 11.3 Å². The van der Waals surface area contributed by atoms with Gasteiger partial charge in [0.1, 0.15) is 11.5 Å². The van der Waals surface area contributed by atoms with Gasteiger partial charge in [-0.25, -0.2) is 4.98 Å². The summed E-state index contributed by atoms with van der Waals surface area (Å²) in [6.07, 6.45) is 3.52. The van der Waals surface area contributed by atoms with Gasteiger partial charge in [0.15, 0.2) is 5.13 Å². The van der Waals surface area contributed by atoms with Crippen LogP contribution in [0.1, 0.15) is 39.4 Å². The Labute approximate surface area is 154 Å². The summed E-state index contributed by atoms with van der Waals surface area (Å²) in [5, 5.41) is 5.68. The summed E-state index contributed by atoms with van der Waals surface area (Å²) in [7, 11) is 0. The molecule has 6 heteroatoms. The molecule has 1 aromatic carbocycles. The van der Waals surface area contributed by atoms with Crippen LogP contribution >= 0.6 is 22.9 Å². The SMILES string of the molecule is Cc1oc(C)c(C(=O)Nc2nc(-c3ccc4c(c3)CCC4)cs2)c1Cl. The lowest BCUT2D eigenvalue weighted by atomic mass is 10.1. The van der Waals surface area contributed by atoms with Crippen LogP contribution in [-0.2, 0) is 12.8 Å². The minimum Gasteiger partial charge on any atom is -0.464 e. The summed E-state index contributed by atoms with van der Waals surface area (Å²) in [5.74, 6) is 0.756. The molecule has 3 aromatic rings. The second kappa shape index (κ2) is 6.32. The number of nitrogens with zero attached hydrogens (tertiary/aromatic N) is 1. The topological polar surface area (TPSA) is 55.1 Å². The minimum absolute atomic E-state index is 0.297. The van der Waals surface area contributed by atoms with E-state index in [1.807, 2.05) is 5.38 Å². The number of furan rings is 1. The van der Waals surface area contributed by atoms with Crippen LogP contribution in [0.2, 0.25) is 5.02 Å². The van der Waals surface area contributed by atoms with Gasteiger partial charge >= 0.3 is 0 Å². The maximum absolute atomic E-state index is 12.5. The lowest BCUT2D eigenvalue weighted by molar-refractivity contribution is 0.102. The molecule has 4 rings (SSSR count). The molecule has 0 saturated carbocycles. The molecule has 1 aliphatic carbocycles. The molecule has 25 heavy (non-hydrogen) atoms. The number of nitrogens with one attached hydrogen (secondary N) is 1. The zero-order chi connectivity index (χ0) is 17.6. The number of thiazole rings is 1. The van der Waals surface area contributed by atoms with Crippen molar-refractivity contribution in [2.45, 2.75) is 33.1 Å². The number of amides is 1. The van der Waals surface area contributed by atoms with Crippen molar-refractivity contribution in [3.05, 3.63) is 56.8 Å². The standard InChI is InChI=1S/C19H17ClN2O2S/c1-10-16(17(20)11(2)24-10)18(23)22-19-21-15(9-25-19)14-7-6-12-4-3-5-13(12)8-14/h6-9H,3-5H2,1-2H3,(H,21,22,23). The number of anilines is 1. The Morgan fingerprint density at radius 3 is 2.80 bits per heavy atom. The fraction of sp³-hybridized carbons (Fsp3) is 0.263. The van der Waals surface area contributed by atoms with E-state index >= 15 is 0 Å². The van der Waals surface area contributed by atoms with Gasteiger partial charge in [-0.05, 0) is 50.3 Å². The van der Waals surface area contributed by atoms with Gasteiger partial charge in [-0.2, -0.15) is 0 Å². The van der Waals surface area contributed by atoms with Crippen LogP contribution in [0.15, 0.2) is 28.0 Å². The smallest absolute Gasteiger partial charge is 0.262 e. The number of benzene rings is 1. The Hall–Kier alpha value is -2.11. The molecule has 0 atom stereocenters. The average molecular weight is 373 g/mol. The van der Waals surface area contributed by atoms with E-state index in [2.05, 4.69) is 28.5 Å². The number of aryl methyl sites for hydroxylation is 4. The van der Waals surface area contributed by atoms with Crippen molar-refractivity contribution >= 4 is 34.0 Å². The molecule has 1 N–H and O–H groups in total. The zero-order valence-electron chi connectivity index (χ0n) is 14.0. The molecule has 0 fully saturated rings. The number of hydrogen-bond acceptors (Lipinski definition) is 4. The van der Waals surface area contributed by atoms with Crippen LogP contribution in [0.5, 0.6) is 0 Å². The first-order chi connectivity index (χ1) is 12.0. The normalized spacial score (nSPS) is 13.1. The third-order valence-electron chi connectivity index (χ3n) is 4.53. The van der Waals surface area contributed by atoms with E-state index < -0.39 is 0 Å². The second-order valence-electron chi connectivity index (χ2n) is 6.23. The molecule has 0 radical (unpaired) electrons. The van der Waals surface area contributed by atoms with E-state index in [0.717, 1.165) is 24.1 Å². The van der Waals surface area contributed by atoms with Crippen molar-refractivity contribution in [3.8, 4) is 11.3 Å². The highest BCUT2D eigenvalue weighted by Crippen LogP contribution is 2.31. The van der Waals surface area contributed by atoms with Crippen molar-refractivity contribution in [2.75, 3.05) is 5.32 Å². The van der Waals surface area contributed by atoms with Gasteiger partial charge in [0.25, 0.3) is 5.91 Å². The van der Waals surface area contributed by atoms with Crippen LogP contribution in [-0.4, -0.2) is 10.9 Å². The molecule has 1 amide bonds. The monoisotopic (exact) mass is 372 g/mol. The Morgan fingerprint density at radius 1 is 1.24 bits per heavy atom. The highest BCUT2D eigenvalue weighted by Gasteiger charge is 2.21. The lowest BCUT2D eigenvalue weighted by Crippen LogP contribution is -2.12. The first-order valence-corrected chi connectivity index (χ1v) is 9.43. The van der Waals surface area contributed by atoms with Crippen molar-refractivity contribution < 1.29 is 9.21 Å². The Morgan fingerprint density at radius 2 is 2.04 bits per heavy atom. The van der Waals surface area contributed by atoms with Gasteiger partial charge in [0.05, 0.1) is 16.3 Å². The summed E-state index contributed by atoms with van der Waals surface area (Å²) in [6, 6.07) is 6.50. The summed E-state index contributed by atoms with van der Waals surface area (Å²) in [4.78, 5) is 17.0.